The van der Waals surface area contributed by atoms with E-state index in [1.165, 1.54) is 6.21 Å². The standard InChI is InChI=1S/C13H18N2O3/c1-13(2,9-16)11(17)12(18)15-14-8-10-6-4-3-5-7-10/h3-8,11,16-17H,9H2,1-2H3,(H,15,18)/b14-8-/t11-/m0/s1. The zero-order valence-electron chi connectivity index (χ0n) is 10.5. The van der Waals surface area contributed by atoms with E-state index in [1.54, 1.807) is 13.8 Å². The molecule has 1 rings (SSSR count). The van der Waals surface area contributed by atoms with Crippen LogP contribution < -0.4 is 5.43 Å². The Kier molecular flexibility index (Phi) is 5.00. The lowest BCUT2D eigenvalue weighted by Gasteiger charge is -2.26. The topological polar surface area (TPSA) is 81.9 Å². The number of benzene rings is 1. The van der Waals surface area contributed by atoms with E-state index in [-0.39, 0.29) is 6.61 Å². The van der Waals surface area contributed by atoms with E-state index >= 15 is 0 Å². The number of nitrogens with one attached hydrogen (secondary N) is 1. The van der Waals surface area contributed by atoms with Gasteiger partial charge >= 0.3 is 0 Å². The molecule has 0 bridgehead atoms. The maximum absolute atomic E-state index is 11.6. The van der Waals surface area contributed by atoms with Gasteiger partial charge in [-0.2, -0.15) is 5.10 Å². The molecule has 0 aliphatic carbocycles. The molecule has 98 valence electrons. The van der Waals surface area contributed by atoms with Crippen LogP contribution in [0.3, 0.4) is 0 Å². The van der Waals surface area contributed by atoms with Crippen LogP contribution in [0.25, 0.3) is 0 Å². The van der Waals surface area contributed by atoms with Gasteiger partial charge in [0.05, 0.1) is 12.8 Å². The first-order valence-corrected chi connectivity index (χ1v) is 5.64. The van der Waals surface area contributed by atoms with Crippen molar-refractivity contribution in [1.29, 1.82) is 0 Å². The van der Waals surface area contributed by atoms with E-state index in [1.807, 2.05) is 30.3 Å². The zero-order valence-corrected chi connectivity index (χ0v) is 10.5. The summed E-state index contributed by atoms with van der Waals surface area (Å²) in [4.78, 5) is 11.6. The maximum Gasteiger partial charge on any atom is 0.269 e. The minimum Gasteiger partial charge on any atom is -0.396 e. The van der Waals surface area contributed by atoms with Gasteiger partial charge in [0.1, 0.15) is 6.10 Å². The van der Waals surface area contributed by atoms with Crippen molar-refractivity contribution in [3.8, 4) is 0 Å². The lowest BCUT2D eigenvalue weighted by molar-refractivity contribution is -0.137. The van der Waals surface area contributed by atoms with Crippen molar-refractivity contribution in [3.05, 3.63) is 35.9 Å². The third kappa shape index (κ3) is 3.94. The van der Waals surface area contributed by atoms with Gasteiger partial charge in [-0.05, 0) is 5.56 Å². The third-order valence-corrected chi connectivity index (χ3v) is 2.58. The quantitative estimate of drug-likeness (QED) is 0.526. The normalized spacial score (nSPS) is 13.6. The first kappa shape index (κ1) is 14.3. The predicted molar refractivity (Wildman–Crippen MR) is 69.1 cm³/mol. The van der Waals surface area contributed by atoms with Crippen LogP contribution in [0.4, 0.5) is 0 Å². The summed E-state index contributed by atoms with van der Waals surface area (Å²) < 4.78 is 0. The maximum atomic E-state index is 11.6. The Morgan fingerprint density at radius 1 is 1.44 bits per heavy atom. The molecule has 0 radical (unpaired) electrons. The average molecular weight is 250 g/mol. The Bertz CT molecular complexity index is 416. The van der Waals surface area contributed by atoms with Gasteiger partial charge in [0.2, 0.25) is 0 Å². The Hall–Kier alpha value is -1.72. The van der Waals surface area contributed by atoms with Crippen molar-refractivity contribution in [2.75, 3.05) is 6.61 Å². The van der Waals surface area contributed by atoms with Gasteiger partial charge in [0.15, 0.2) is 0 Å². The molecule has 0 saturated heterocycles. The fourth-order valence-corrected chi connectivity index (χ4v) is 1.21. The van der Waals surface area contributed by atoms with Crippen LogP contribution in [-0.2, 0) is 4.79 Å². The fourth-order valence-electron chi connectivity index (χ4n) is 1.21. The fraction of sp³-hybridized carbons (Fsp3) is 0.385. The number of rotatable bonds is 5. The monoisotopic (exact) mass is 250 g/mol. The number of aliphatic hydroxyl groups excluding tert-OH is 2. The van der Waals surface area contributed by atoms with Crippen molar-refractivity contribution >= 4 is 12.1 Å². The van der Waals surface area contributed by atoms with E-state index in [4.69, 9.17) is 5.11 Å². The summed E-state index contributed by atoms with van der Waals surface area (Å²) in [6, 6.07) is 9.26. The number of amides is 1. The van der Waals surface area contributed by atoms with Crippen LogP contribution in [0, 0.1) is 5.41 Å². The van der Waals surface area contributed by atoms with E-state index in [0.29, 0.717) is 0 Å². The number of aliphatic hydroxyl groups is 2. The molecule has 18 heavy (non-hydrogen) atoms. The second kappa shape index (κ2) is 6.28. The number of carbonyl (C=O) groups is 1. The Balaban J connectivity index is 2.54. The lowest BCUT2D eigenvalue weighted by atomic mass is 9.87. The van der Waals surface area contributed by atoms with Crippen LogP contribution in [0.2, 0.25) is 0 Å². The summed E-state index contributed by atoms with van der Waals surface area (Å²) in [7, 11) is 0. The van der Waals surface area contributed by atoms with Crippen molar-refractivity contribution in [2.45, 2.75) is 20.0 Å². The first-order chi connectivity index (χ1) is 8.47. The average Bonchev–Trinajstić information content (AvgIpc) is 2.39. The van der Waals surface area contributed by atoms with Gasteiger partial charge in [-0.25, -0.2) is 5.43 Å². The molecule has 5 nitrogen and oxygen atoms in total. The molecule has 0 aliphatic heterocycles. The molecule has 0 unspecified atom stereocenters. The molecule has 1 amide bonds. The van der Waals surface area contributed by atoms with Crippen LogP contribution in [-0.4, -0.2) is 35.0 Å². The second-order valence-corrected chi connectivity index (χ2v) is 4.69. The summed E-state index contributed by atoms with van der Waals surface area (Å²) in [5, 5.41) is 22.5. The molecule has 3 N–H and O–H groups in total. The molecule has 0 aromatic heterocycles. The predicted octanol–water partition coefficient (Wildman–Crippen LogP) is 0.516. The van der Waals surface area contributed by atoms with Gasteiger partial charge in [-0.15, -0.1) is 0 Å². The van der Waals surface area contributed by atoms with E-state index in [9.17, 15) is 9.90 Å². The molecular weight excluding hydrogens is 232 g/mol. The van der Waals surface area contributed by atoms with Crippen molar-refractivity contribution in [3.63, 3.8) is 0 Å². The van der Waals surface area contributed by atoms with Crippen LogP contribution in [0.1, 0.15) is 19.4 Å². The second-order valence-electron chi connectivity index (χ2n) is 4.69. The third-order valence-electron chi connectivity index (χ3n) is 2.58. The number of hydrogen-bond donors (Lipinski definition) is 3. The highest BCUT2D eigenvalue weighted by atomic mass is 16.3. The Morgan fingerprint density at radius 3 is 2.61 bits per heavy atom. The smallest absolute Gasteiger partial charge is 0.269 e. The lowest BCUT2D eigenvalue weighted by Crippen LogP contribution is -2.44. The SMILES string of the molecule is CC(C)(CO)[C@@H](O)C(=O)N/N=C\c1ccccc1. The Labute approximate surface area is 106 Å². The minimum absolute atomic E-state index is 0.288. The van der Waals surface area contributed by atoms with Crippen molar-refractivity contribution in [2.24, 2.45) is 10.5 Å². The molecule has 0 aliphatic rings. The first-order valence-electron chi connectivity index (χ1n) is 5.64. The van der Waals surface area contributed by atoms with Gasteiger partial charge in [-0.1, -0.05) is 44.2 Å². The van der Waals surface area contributed by atoms with Crippen LogP contribution >= 0.6 is 0 Å². The number of hydrogen-bond acceptors (Lipinski definition) is 4. The number of hydrazone groups is 1. The molecule has 1 atom stereocenters. The molecule has 1 aromatic rings. The molecule has 1 aromatic carbocycles. The highest BCUT2D eigenvalue weighted by Gasteiger charge is 2.32. The summed E-state index contributed by atoms with van der Waals surface area (Å²) >= 11 is 0. The number of carbonyl (C=O) groups excluding carboxylic acids is 1. The number of nitrogens with zero attached hydrogens (tertiary/aromatic N) is 1. The van der Waals surface area contributed by atoms with Gasteiger partial charge < -0.3 is 10.2 Å². The van der Waals surface area contributed by atoms with Crippen molar-refractivity contribution < 1.29 is 15.0 Å². The summed E-state index contributed by atoms with van der Waals surface area (Å²) in [5.41, 5.74) is 2.19. The van der Waals surface area contributed by atoms with Crippen LogP contribution in [0.5, 0.6) is 0 Å². The van der Waals surface area contributed by atoms with Gasteiger partial charge in [0.25, 0.3) is 5.91 Å². The molecule has 0 spiro atoms. The molecule has 0 saturated carbocycles. The molecule has 5 heteroatoms. The summed E-state index contributed by atoms with van der Waals surface area (Å²) in [6.45, 7) is 2.90. The Morgan fingerprint density at radius 2 is 2.06 bits per heavy atom. The van der Waals surface area contributed by atoms with E-state index < -0.39 is 17.4 Å². The molecule has 0 heterocycles. The van der Waals surface area contributed by atoms with Gasteiger partial charge in [-0.3, -0.25) is 4.79 Å². The summed E-state index contributed by atoms with van der Waals surface area (Å²) in [6.07, 6.45) is 0.173. The van der Waals surface area contributed by atoms with Gasteiger partial charge in [0, 0.05) is 5.41 Å². The molecule has 0 fully saturated rings. The highest BCUT2D eigenvalue weighted by molar-refractivity contribution is 5.84. The largest absolute Gasteiger partial charge is 0.396 e. The van der Waals surface area contributed by atoms with Crippen molar-refractivity contribution in [1.82, 2.24) is 5.43 Å². The molecular formula is C13H18N2O3. The highest BCUT2D eigenvalue weighted by Crippen LogP contribution is 2.19. The van der Waals surface area contributed by atoms with Crippen LogP contribution in [0.15, 0.2) is 35.4 Å². The minimum atomic E-state index is -1.31. The summed E-state index contributed by atoms with van der Waals surface area (Å²) in [5.74, 6) is -0.638. The van der Waals surface area contributed by atoms with E-state index in [2.05, 4.69) is 10.5 Å². The van der Waals surface area contributed by atoms with E-state index in [0.717, 1.165) is 5.56 Å². The zero-order chi connectivity index (χ0) is 13.6.